The molecule has 0 radical (unpaired) electrons. The molecule has 1 aliphatic carbocycles. The van der Waals surface area contributed by atoms with Crippen LogP contribution in [0.4, 0.5) is 0 Å². The van der Waals surface area contributed by atoms with Crippen molar-refractivity contribution in [2.24, 2.45) is 5.92 Å². The van der Waals surface area contributed by atoms with Crippen molar-refractivity contribution in [1.29, 1.82) is 0 Å². The van der Waals surface area contributed by atoms with Crippen molar-refractivity contribution in [3.05, 3.63) is 23.3 Å². The largest absolute Gasteiger partial charge is 0.493 e. The van der Waals surface area contributed by atoms with Crippen molar-refractivity contribution in [3.63, 3.8) is 0 Å². The third-order valence-corrected chi connectivity index (χ3v) is 4.17. The average molecular weight is 270 g/mol. The first kappa shape index (κ1) is 13.5. The predicted molar refractivity (Wildman–Crippen MR) is 74.2 cm³/mol. The number of halogens is 1. The van der Waals surface area contributed by atoms with Crippen LogP contribution in [0, 0.1) is 5.92 Å². The molecule has 0 amide bonds. The van der Waals surface area contributed by atoms with E-state index in [9.17, 15) is 0 Å². The molecule has 4 heteroatoms. The molecular formula is C14H20ClNO2. The molecule has 1 fully saturated rings. The molecule has 18 heavy (non-hydrogen) atoms. The first-order chi connectivity index (χ1) is 8.24. The second kappa shape index (κ2) is 4.98. The number of rotatable bonds is 2. The Morgan fingerprint density at radius 3 is 2.61 bits per heavy atom. The molecule has 2 atom stereocenters. The zero-order valence-electron chi connectivity index (χ0n) is 11.1. The van der Waals surface area contributed by atoms with Crippen LogP contribution in [0.5, 0.6) is 11.5 Å². The van der Waals surface area contributed by atoms with E-state index in [4.69, 9.17) is 9.47 Å². The molecule has 0 saturated carbocycles. The van der Waals surface area contributed by atoms with Gasteiger partial charge in [0.1, 0.15) is 0 Å². The van der Waals surface area contributed by atoms with Gasteiger partial charge in [-0.05, 0) is 31.0 Å². The van der Waals surface area contributed by atoms with Crippen LogP contribution in [0.3, 0.4) is 0 Å². The third-order valence-electron chi connectivity index (χ3n) is 4.17. The molecule has 0 spiro atoms. The molecule has 1 heterocycles. The summed E-state index contributed by atoms with van der Waals surface area (Å²) in [7, 11) is 5.64. The minimum absolute atomic E-state index is 0. The number of fused-ring (bicyclic) bond motifs is 3. The lowest BCUT2D eigenvalue weighted by molar-refractivity contribution is 0.349. The molecule has 1 aliphatic heterocycles. The summed E-state index contributed by atoms with van der Waals surface area (Å²) in [4.78, 5) is 2.43. The second-order valence-corrected chi connectivity index (χ2v) is 5.16. The van der Waals surface area contributed by atoms with Crippen LogP contribution in [0.15, 0.2) is 12.1 Å². The second-order valence-electron chi connectivity index (χ2n) is 5.16. The fourth-order valence-electron chi connectivity index (χ4n) is 3.47. The lowest BCUT2D eigenvalue weighted by atomic mass is 9.96. The fourth-order valence-corrected chi connectivity index (χ4v) is 3.47. The highest BCUT2D eigenvalue weighted by Gasteiger charge is 2.40. The maximum Gasteiger partial charge on any atom is 0.164 e. The van der Waals surface area contributed by atoms with Gasteiger partial charge in [0, 0.05) is 24.6 Å². The van der Waals surface area contributed by atoms with E-state index in [1.807, 2.05) is 6.07 Å². The first-order valence-corrected chi connectivity index (χ1v) is 6.17. The van der Waals surface area contributed by atoms with E-state index in [1.165, 1.54) is 24.2 Å². The zero-order valence-corrected chi connectivity index (χ0v) is 11.9. The number of methoxy groups -OCH3 is 2. The van der Waals surface area contributed by atoms with Crippen molar-refractivity contribution in [2.75, 3.05) is 34.4 Å². The minimum Gasteiger partial charge on any atom is -0.493 e. The minimum atomic E-state index is 0. The molecule has 2 unspecified atom stereocenters. The van der Waals surface area contributed by atoms with Crippen LogP contribution in [0.2, 0.25) is 0 Å². The maximum absolute atomic E-state index is 5.53. The molecule has 2 aliphatic rings. The monoisotopic (exact) mass is 269 g/mol. The van der Waals surface area contributed by atoms with Gasteiger partial charge in [0.05, 0.1) is 14.2 Å². The van der Waals surface area contributed by atoms with Crippen LogP contribution >= 0.6 is 12.4 Å². The molecule has 0 N–H and O–H groups in total. The van der Waals surface area contributed by atoms with Gasteiger partial charge in [-0.1, -0.05) is 6.07 Å². The summed E-state index contributed by atoms with van der Waals surface area (Å²) in [5, 5.41) is 0. The Labute approximate surface area is 114 Å². The highest BCUT2D eigenvalue weighted by Crippen LogP contribution is 2.48. The van der Waals surface area contributed by atoms with Crippen LogP contribution in [-0.4, -0.2) is 39.3 Å². The van der Waals surface area contributed by atoms with Gasteiger partial charge >= 0.3 is 0 Å². The first-order valence-electron chi connectivity index (χ1n) is 6.17. The van der Waals surface area contributed by atoms with Gasteiger partial charge in [0.15, 0.2) is 11.5 Å². The quantitative estimate of drug-likeness (QED) is 0.823. The van der Waals surface area contributed by atoms with Crippen LogP contribution < -0.4 is 9.47 Å². The van der Waals surface area contributed by atoms with Gasteiger partial charge in [-0.15, -0.1) is 12.4 Å². The predicted octanol–water partition coefficient (Wildman–Crippen LogP) is 2.33. The number of nitrogens with zero attached hydrogens (tertiary/aromatic N) is 1. The van der Waals surface area contributed by atoms with Crippen LogP contribution in [0.1, 0.15) is 17.0 Å². The van der Waals surface area contributed by atoms with Gasteiger partial charge in [0.25, 0.3) is 0 Å². The molecule has 1 aromatic rings. The van der Waals surface area contributed by atoms with E-state index in [-0.39, 0.29) is 12.4 Å². The van der Waals surface area contributed by atoms with E-state index < -0.39 is 0 Å². The summed E-state index contributed by atoms with van der Waals surface area (Å²) in [6.07, 6.45) is 1.13. The van der Waals surface area contributed by atoms with Gasteiger partial charge < -0.3 is 14.4 Å². The average Bonchev–Trinajstić information content (AvgIpc) is 2.83. The van der Waals surface area contributed by atoms with E-state index in [0.717, 1.165) is 23.8 Å². The number of hydrogen-bond acceptors (Lipinski definition) is 3. The molecule has 0 bridgehead atoms. The fraction of sp³-hybridized carbons (Fsp3) is 0.571. The Morgan fingerprint density at radius 1 is 1.17 bits per heavy atom. The van der Waals surface area contributed by atoms with Gasteiger partial charge in [-0.3, -0.25) is 0 Å². The molecule has 3 nitrogen and oxygen atoms in total. The SMILES string of the molecule is COc1ccc2c(c1OC)CC1CN(C)CC21.Cl. The van der Waals surface area contributed by atoms with Crippen LogP contribution in [0.25, 0.3) is 0 Å². The Morgan fingerprint density at radius 2 is 1.94 bits per heavy atom. The number of likely N-dealkylation sites (N-methyl/N-ethyl adjacent to an activating group) is 1. The van der Waals surface area contributed by atoms with Gasteiger partial charge in [0.2, 0.25) is 0 Å². The molecule has 1 aromatic carbocycles. The summed E-state index contributed by atoms with van der Waals surface area (Å²) >= 11 is 0. The highest BCUT2D eigenvalue weighted by molar-refractivity contribution is 5.85. The Hall–Kier alpha value is -0.930. The number of hydrogen-bond donors (Lipinski definition) is 0. The van der Waals surface area contributed by atoms with E-state index >= 15 is 0 Å². The van der Waals surface area contributed by atoms with E-state index in [2.05, 4.69) is 18.0 Å². The van der Waals surface area contributed by atoms with Crippen molar-refractivity contribution in [3.8, 4) is 11.5 Å². The summed E-state index contributed by atoms with van der Waals surface area (Å²) in [6.45, 7) is 2.37. The van der Waals surface area contributed by atoms with Crippen molar-refractivity contribution in [1.82, 2.24) is 4.90 Å². The van der Waals surface area contributed by atoms with Crippen LogP contribution in [-0.2, 0) is 6.42 Å². The number of benzene rings is 1. The normalized spacial score (nSPS) is 25.3. The van der Waals surface area contributed by atoms with Crippen molar-refractivity contribution >= 4 is 12.4 Å². The summed E-state index contributed by atoms with van der Waals surface area (Å²) in [6, 6.07) is 4.26. The standard InChI is InChI=1S/C14H19NO2.ClH/c1-15-7-9-6-11-10(12(9)8-15)4-5-13(16-2)14(11)17-3;/h4-5,9,12H,6-8H2,1-3H3;1H. The smallest absolute Gasteiger partial charge is 0.164 e. The molecule has 0 aromatic heterocycles. The lowest BCUT2D eigenvalue weighted by Crippen LogP contribution is -2.15. The van der Waals surface area contributed by atoms with E-state index in [1.54, 1.807) is 14.2 Å². The van der Waals surface area contributed by atoms with E-state index in [0.29, 0.717) is 5.92 Å². The van der Waals surface area contributed by atoms with Crippen molar-refractivity contribution < 1.29 is 9.47 Å². The highest BCUT2D eigenvalue weighted by atomic mass is 35.5. The Balaban J connectivity index is 0.00000120. The van der Waals surface area contributed by atoms with Gasteiger partial charge in [-0.2, -0.15) is 0 Å². The molecule has 3 rings (SSSR count). The summed E-state index contributed by atoms with van der Waals surface area (Å²) < 4.78 is 10.9. The lowest BCUT2D eigenvalue weighted by Gasteiger charge is -2.15. The summed E-state index contributed by atoms with van der Waals surface area (Å²) in [5.41, 5.74) is 2.84. The number of likely N-dealkylation sites (tertiary alicyclic amines) is 1. The zero-order chi connectivity index (χ0) is 12.0. The Bertz CT molecular complexity index is 450. The molecule has 100 valence electrons. The summed E-state index contributed by atoms with van der Waals surface area (Å²) in [5.74, 6) is 3.26. The molecular weight excluding hydrogens is 250 g/mol. The Kier molecular flexibility index (Phi) is 3.74. The third kappa shape index (κ3) is 1.86. The topological polar surface area (TPSA) is 21.7 Å². The number of ether oxygens (including phenoxy) is 2. The van der Waals surface area contributed by atoms with Crippen molar-refractivity contribution in [2.45, 2.75) is 12.3 Å². The maximum atomic E-state index is 5.53. The molecule has 1 saturated heterocycles. The van der Waals surface area contributed by atoms with Gasteiger partial charge in [-0.25, -0.2) is 0 Å².